The maximum Gasteiger partial charge on any atom is 0.232 e. The maximum atomic E-state index is 13.1. The molecular formula is C26H26N6O. The van der Waals surface area contributed by atoms with E-state index in [0.29, 0.717) is 24.7 Å². The zero-order valence-electron chi connectivity index (χ0n) is 18.4. The number of anilines is 3. The van der Waals surface area contributed by atoms with Gasteiger partial charge in [0.2, 0.25) is 5.91 Å². The summed E-state index contributed by atoms with van der Waals surface area (Å²) in [7, 11) is 0. The van der Waals surface area contributed by atoms with Gasteiger partial charge in [-0.15, -0.1) is 0 Å². The number of carbonyl (C=O) groups is 1. The van der Waals surface area contributed by atoms with E-state index in [1.807, 2.05) is 85.8 Å². The van der Waals surface area contributed by atoms with Crippen molar-refractivity contribution < 1.29 is 4.79 Å². The topological polar surface area (TPSA) is 91.8 Å². The van der Waals surface area contributed by atoms with E-state index in [4.69, 9.17) is 0 Å². The lowest BCUT2D eigenvalue weighted by Gasteiger charge is -2.18. The first kappa shape index (κ1) is 22.0. The van der Waals surface area contributed by atoms with Crippen molar-refractivity contribution >= 4 is 23.4 Å². The van der Waals surface area contributed by atoms with Crippen LogP contribution in [0, 0.1) is 6.92 Å². The predicted molar refractivity (Wildman–Crippen MR) is 131 cm³/mol. The highest BCUT2D eigenvalue weighted by Crippen LogP contribution is 2.24. The van der Waals surface area contributed by atoms with Crippen LogP contribution in [0.1, 0.15) is 22.6 Å². The molecule has 0 spiro atoms. The summed E-state index contributed by atoms with van der Waals surface area (Å²) < 4.78 is 0. The van der Waals surface area contributed by atoms with E-state index in [2.05, 4.69) is 30.9 Å². The van der Waals surface area contributed by atoms with E-state index in [9.17, 15) is 4.79 Å². The number of hydrogen-bond acceptors (Lipinski definition) is 6. The predicted octanol–water partition coefficient (Wildman–Crippen LogP) is 4.28. The summed E-state index contributed by atoms with van der Waals surface area (Å²) in [4.78, 5) is 25.8. The van der Waals surface area contributed by atoms with Crippen LogP contribution in [-0.4, -0.2) is 33.9 Å². The van der Waals surface area contributed by atoms with Crippen LogP contribution in [0.2, 0.25) is 0 Å². The van der Waals surface area contributed by atoms with Gasteiger partial charge < -0.3 is 16.0 Å². The Kier molecular flexibility index (Phi) is 7.22. The Morgan fingerprint density at radius 1 is 0.788 bits per heavy atom. The van der Waals surface area contributed by atoms with Crippen molar-refractivity contribution in [3.05, 3.63) is 108 Å². The van der Waals surface area contributed by atoms with Crippen LogP contribution in [-0.2, 0) is 4.79 Å². The molecule has 0 saturated carbocycles. The van der Waals surface area contributed by atoms with Gasteiger partial charge in [-0.1, -0.05) is 60.7 Å². The highest BCUT2D eigenvalue weighted by Gasteiger charge is 2.21. The zero-order valence-corrected chi connectivity index (χ0v) is 18.4. The lowest BCUT2D eigenvalue weighted by atomic mass is 9.90. The van der Waals surface area contributed by atoms with Crippen LogP contribution in [0.4, 0.5) is 17.5 Å². The van der Waals surface area contributed by atoms with Crippen molar-refractivity contribution in [1.29, 1.82) is 0 Å². The molecule has 7 heteroatoms. The molecule has 0 aliphatic carbocycles. The number of aryl methyl sites for hydroxylation is 1. The fraction of sp³-hybridized carbons (Fsp3) is 0.154. The molecule has 2 aromatic heterocycles. The monoisotopic (exact) mass is 438 g/mol. The van der Waals surface area contributed by atoms with E-state index in [1.54, 1.807) is 6.20 Å². The summed E-state index contributed by atoms with van der Waals surface area (Å²) in [6.07, 6.45) is 3.23. The van der Waals surface area contributed by atoms with Crippen LogP contribution >= 0.6 is 0 Å². The highest BCUT2D eigenvalue weighted by atomic mass is 16.1. The van der Waals surface area contributed by atoms with E-state index in [0.717, 1.165) is 22.5 Å². The summed E-state index contributed by atoms with van der Waals surface area (Å²) in [6.45, 7) is 3.00. The van der Waals surface area contributed by atoms with Crippen LogP contribution in [0.15, 0.2) is 91.4 Å². The standard InChI is InChI=1S/C26H26N6O/c1-19-12-13-27-23(16-19)32-24-17-22(30-18-31-24)28-14-15-29-26(33)25(20-8-4-2-5-9-20)21-10-6-3-7-11-21/h2-13,16-18,25H,14-15H2,1H3,(H,29,33)(H2,27,28,30,31,32). The summed E-state index contributed by atoms with van der Waals surface area (Å²) in [5.74, 6) is 1.63. The fourth-order valence-electron chi connectivity index (χ4n) is 3.52. The minimum Gasteiger partial charge on any atom is -0.368 e. The number of nitrogens with one attached hydrogen (secondary N) is 3. The van der Waals surface area contributed by atoms with Gasteiger partial charge in [0, 0.05) is 25.4 Å². The molecule has 4 rings (SSSR count). The second-order valence-electron chi connectivity index (χ2n) is 7.60. The summed E-state index contributed by atoms with van der Waals surface area (Å²) in [6, 6.07) is 25.3. The summed E-state index contributed by atoms with van der Waals surface area (Å²) in [5, 5.41) is 9.44. The van der Waals surface area contributed by atoms with Crippen LogP contribution in [0.3, 0.4) is 0 Å². The minimum atomic E-state index is -0.357. The SMILES string of the molecule is Cc1ccnc(Nc2cc(NCCNC(=O)C(c3ccccc3)c3ccccc3)ncn2)c1. The zero-order chi connectivity index (χ0) is 22.9. The van der Waals surface area contributed by atoms with E-state index in [-0.39, 0.29) is 11.8 Å². The molecular weight excluding hydrogens is 412 g/mol. The van der Waals surface area contributed by atoms with Gasteiger partial charge in [-0.3, -0.25) is 4.79 Å². The van der Waals surface area contributed by atoms with Crippen LogP contribution in [0.25, 0.3) is 0 Å². The van der Waals surface area contributed by atoms with Crippen LogP contribution < -0.4 is 16.0 Å². The van der Waals surface area contributed by atoms with Gasteiger partial charge in [0.05, 0.1) is 5.92 Å². The van der Waals surface area contributed by atoms with Crippen molar-refractivity contribution in [1.82, 2.24) is 20.3 Å². The van der Waals surface area contributed by atoms with Crippen molar-refractivity contribution in [2.45, 2.75) is 12.8 Å². The molecule has 0 bridgehead atoms. The summed E-state index contributed by atoms with van der Waals surface area (Å²) in [5.41, 5.74) is 3.04. The largest absolute Gasteiger partial charge is 0.368 e. The minimum absolute atomic E-state index is 0.0373. The maximum absolute atomic E-state index is 13.1. The van der Waals surface area contributed by atoms with Gasteiger partial charge in [0.15, 0.2) is 0 Å². The second-order valence-corrected chi connectivity index (χ2v) is 7.60. The van der Waals surface area contributed by atoms with Gasteiger partial charge in [0.1, 0.15) is 23.8 Å². The Morgan fingerprint density at radius 3 is 2.09 bits per heavy atom. The average Bonchev–Trinajstić information content (AvgIpc) is 2.84. The molecule has 0 fully saturated rings. The van der Waals surface area contributed by atoms with E-state index >= 15 is 0 Å². The molecule has 0 atom stereocenters. The highest BCUT2D eigenvalue weighted by molar-refractivity contribution is 5.87. The second kappa shape index (κ2) is 10.9. The van der Waals surface area contributed by atoms with Gasteiger partial charge in [-0.05, 0) is 35.7 Å². The molecule has 0 unspecified atom stereocenters. The van der Waals surface area contributed by atoms with E-state index < -0.39 is 0 Å². The molecule has 0 aliphatic heterocycles. The molecule has 0 aliphatic rings. The van der Waals surface area contributed by atoms with Crippen molar-refractivity contribution in [2.75, 3.05) is 23.7 Å². The smallest absolute Gasteiger partial charge is 0.232 e. The normalized spacial score (nSPS) is 10.6. The third-order valence-electron chi connectivity index (χ3n) is 5.10. The lowest BCUT2D eigenvalue weighted by Crippen LogP contribution is -2.33. The number of pyridine rings is 1. The van der Waals surface area contributed by atoms with Gasteiger partial charge >= 0.3 is 0 Å². The Hall–Kier alpha value is -4.26. The number of amides is 1. The fourth-order valence-corrected chi connectivity index (χ4v) is 3.52. The molecule has 0 saturated heterocycles. The molecule has 4 aromatic rings. The Morgan fingerprint density at radius 2 is 1.42 bits per heavy atom. The van der Waals surface area contributed by atoms with E-state index in [1.165, 1.54) is 6.33 Å². The molecule has 1 amide bonds. The number of hydrogen-bond donors (Lipinski definition) is 3. The molecule has 7 nitrogen and oxygen atoms in total. The first-order valence-electron chi connectivity index (χ1n) is 10.8. The quantitative estimate of drug-likeness (QED) is 0.338. The molecule has 0 radical (unpaired) electrons. The molecule has 2 heterocycles. The lowest BCUT2D eigenvalue weighted by molar-refractivity contribution is -0.121. The van der Waals surface area contributed by atoms with Crippen molar-refractivity contribution in [2.24, 2.45) is 0 Å². The summed E-state index contributed by atoms with van der Waals surface area (Å²) >= 11 is 0. The first-order valence-corrected chi connectivity index (χ1v) is 10.8. The number of nitrogens with zero attached hydrogens (tertiary/aromatic N) is 3. The molecule has 166 valence electrons. The molecule has 33 heavy (non-hydrogen) atoms. The number of rotatable bonds is 9. The third-order valence-corrected chi connectivity index (χ3v) is 5.10. The Labute approximate surface area is 193 Å². The van der Waals surface area contributed by atoms with Gasteiger partial charge in [0.25, 0.3) is 0 Å². The molecule has 3 N–H and O–H groups in total. The van der Waals surface area contributed by atoms with Crippen LogP contribution in [0.5, 0.6) is 0 Å². The average molecular weight is 439 g/mol. The number of aromatic nitrogens is 3. The third kappa shape index (κ3) is 6.13. The molecule has 2 aromatic carbocycles. The van der Waals surface area contributed by atoms with Gasteiger partial charge in [-0.2, -0.15) is 0 Å². The Balaban J connectivity index is 1.34. The first-order chi connectivity index (χ1) is 16.2. The number of benzene rings is 2. The van der Waals surface area contributed by atoms with Crippen molar-refractivity contribution in [3.8, 4) is 0 Å². The van der Waals surface area contributed by atoms with Gasteiger partial charge in [-0.25, -0.2) is 15.0 Å². The number of carbonyl (C=O) groups excluding carboxylic acids is 1. The Bertz CT molecular complexity index is 1140. The van der Waals surface area contributed by atoms with Crippen molar-refractivity contribution in [3.63, 3.8) is 0 Å².